The lowest BCUT2D eigenvalue weighted by molar-refractivity contribution is -0.116. The molecular formula is C12H12N2O3. The second-order valence-electron chi connectivity index (χ2n) is 3.23. The predicted octanol–water partition coefficient (Wildman–Crippen LogP) is 1.09. The van der Waals surface area contributed by atoms with E-state index in [2.05, 4.69) is 17.2 Å². The molecule has 0 heterocycles. The lowest BCUT2D eigenvalue weighted by atomic mass is 10.1. The molecule has 1 aromatic rings. The minimum absolute atomic E-state index is 0.141. The maximum atomic E-state index is 11.7. The third kappa shape index (κ3) is 3.27. The van der Waals surface area contributed by atoms with Crippen molar-refractivity contribution in [2.75, 3.05) is 5.32 Å². The number of anilines is 1. The summed E-state index contributed by atoms with van der Waals surface area (Å²) < 4.78 is 0. The molecule has 88 valence electrons. The average molecular weight is 232 g/mol. The van der Waals surface area contributed by atoms with Gasteiger partial charge in [0.05, 0.1) is 11.3 Å². The number of nitrogens with one attached hydrogen (secondary N) is 2. The number of rotatable bonds is 4. The molecule has 2 N–H and O–H groups in total. The van der Waals surface area contributed by atoms with E-state index >= 15 is 0 Å². The van der Waals surface area contributed by atoms with Crippen LogP contribution in [0.2, 0.25) is 0 Å². The first kappa shape index (κ1) is 12.6. The molecule has 0 aliphatic rings. The van der Waals surface area contributed by atoms with Crippen molar-refractivity contribution in [3.63, 3.8) is 0 Å². The monoisotopic (exact) mass is 232 g/mol. The van der Waals surface area contributed by atoms with Crippen LogP contribution in [0.15, 0.2) is 37.0 Å². The van der Waals surface area contributed by atoms with Crippen molar-refractivity contribution in [1.82, 2.24) is 5.32 Å². The normalized spacial score (nSPS) is 9.24. The fourth-order valence-corrected chi connectivity index (χ4v) is 1.26. The van der Waals surface area contributed by atoms with Crippen molar-refractivity contribution in [2.24, 2.45) is 0 Å². The lowest BCUT2D eigenvalue weighted by Crippen LogP contribution is -2.27. The van der Waals surface area contributed by atoms with Crippen molar-refractivity contribution in [3.8, 4) is 0 Å². The summed E-state index contributed by atoms with van der Waals surface area (Å²) in [7, 11) is 0. The summed E-state index contributed by atoms with van der Waals surface area (Å²) in [6, 6.07) is 6.29. The van der Waals surface area contributed by atoms with Crippen molar-refractivity contribution >= 4 is 23.3 Å². The first-order valence-electron chi connectivity index (χ1n) is 4.89. The molecule has 0 radical (unpaired) electrons. The van der Waals surface area contributed by atoms with Gasteiger partial charge in [-0.3, -0.25) is 14.4 Å². The quantitative estimate of drug-likeness (QED) is 0.602. The van der Waals surface area contributed by atoms with Gasteiger partial charge >= 0.3 is 0 Å². The Labute approximate surface area is 98.5 Å². The van der Waals surface area contributed by atoms with Crippen molar-refractivity contribution in [2.45, 2.75) is 6.92 Å². The summed E-state index contributed by atoms with van der Waals surface area (Å²) >= 11 is 0. The highest BCUT2D eigenvalue weighted by Gasteiger charge is 2.18. The number of hydrogen-bond acceptors (Lipinski definition) is 3. The Balaban J connectivity index is 3.04. The van der Waals surface area contributed by atoms with Gasteiger partial charge in [-0.05, 0) is 18.3 Å². The maximum absolute atomic E-state index is 11.7. The van der Waals surface area contributed by atoms with E-state index in [0.29, 0.717) is 5.69 Å². The van der Waals surface area contributed by atoms with Gasteiger partial charge in [-0.1, -0.05) is 18.7 Å². The summed E-state index contributed by atoms with van der Waals surface area (Å²) in [5.74, 6) is -1.83. The third-order valence-corrected chi connectivity index (χ3v) is 1.92. The summed E-state index contributed by atoms with van der Waals surface area (Å²) in [5.41, 5.74) is 0.450. The van der Waals surface area contributed by atoms with Crippen LogP contribution < -0.4 is 10.6 Å². The minimum Gasteiger partial charge on any atom is -0.326 e. The molecule has 0 aromatic heterocycles. The number of benzene rings is 1. The van der Waals surface area contributed by atoms with Gasteiger partial charge in [-0.2, -0.15) is 0 Å². The van der Waals surface area contributed by atoms with Crippen LogP contribution in [0.5, 0.6) is 0 Å². The van der Waals surface area contributed by atoms with E-state index in [1.54, 1.807) is 18.2 Å². The van der Waals surface area contributed by atoms with Crippen molar-refractivity contribution in [1.29, 1.82) is 0 Å². The number of Topliss-reactive ketones (excluding diaryl/α,β-unsaturated/α-hetero) is 1. The van der Waals surface area contributed by atoms with E-state index in [-0.39, 0.29) is 11.5 Å². The van der Waals surface area contributed by atoms with Crippen LogP contribution in [0.1, 0.15) is 17.3 Å². The molecule has 0 bridgehead atoms. The van der Waals surface area contributed by atoms with Crippen LogP contribution in [-0.2, 0) is 9.59 Å². The van der Waals surface area contributed by atoms with Gasteiger partial charge in [0.25, 0.3) is 11.7 Å². The van der Waals surface area contributed by atoms with Gasteiger partial charge < -0.3 is 10.6 Å². The number of carbonyl (C=O) groups excluding carboxylic acids is 3. The van der Waals surface area contributed by atoms with E-state index < -0.39 is 11.7 Å². The average Bonchev–Trinajstić information content (AvgIpc) is 2.28. The Hall–Kier alpha value is -2.43. The lowest BCUT2D eigenvalue weighted by Gasteiger charge is -2.07. The smallest absolute Gasteiger partial charge is 0.296 e. The van der Waals surface area contributed by atoms with Gasteiger partial charge in [0.15, 0.2) is 0 Å². The van der Waals surface area contributed by atoms with E-state index in [1.165, 1.54) is 13.0 Å². The fraction of sp³-hybridized carbons (Fsp3) is 0.0833. The second kappa shape index (κ2) is 5.60. The van der Waals surface area contributed by atoms with E-state index in [0.717, 1.165) is 6.20 Å². The van der Waals surface area contributed by atoms with Crippen molar-refractivity contribution in [3.05, 3.63) is 42.6 Å². The van der Waals surface area contributed by atoms with E-state index in [1.807, 2.05) is 0 Å². The minimum atomic E-state index is -0.794. The SMILES string of the molecule is C=CNC(=O)C(=O)c1ccccc1NC(C)=O. The topological polar surface area (TPSA) is 75.3 Å². The standard InChI is InChI=1S/C12H12N2O3/c1-3-13-12(17)11(16)9-6-4-5-7-10(9)14-8(2)15/h3-7H,1H2,2H3,(H,13,17)(H,14,15). The number of ketones is 1. The van der Waals surface area contributed by atoms with Crippen LogP contribution in [0.3, 0.4) is 0 Å². The van der Waals surface area contributed by atoms with Crippen LogP contribution >= 0.6 is 0 Å². The predicted molar refractivity (Wildman–Crippen MR) is 63.4 cm³/mol. The molecule has 5 nitrogen and oxygen atoms in total. The van der Waals surface area contributed by atoms with Crippen molar-refractivity contribution < 1.29 is 14.4 Å². The third-order valence-electron chi connectivity index (χ3n) is 1.92. The molecule has 2 amide bonds. The molecule has 5 heteroatoms. The molecule has 0 spiro atoms. The zero-order chi connectivity index (χ0) is 12.8. The molecule has 0 atom stereocenters. The summed E-state index contributed by atoms with van der Waals surface area (Å²) in [4.78, 5) is 34.0. The first-order chi connectivity index (χ1) is 8.06. The molecule has 0 fully saturated rings. The Bertz CT molecular complexity index is 480. The van der Waals surface area contributed by atoms with Crippen LogP contribution in [0.25, 0.3) is 0 Å². The number of amides is 2. The molecule has 1 aromatic carbocycles. The molecule has 0 saturated carbocycles. The zero-order valence-electron chi connectivity index (χ0n) is 9.32. The highest BCUT2D eigenvalue weighted by molar-refractivity contribution is 6.44. The Morgan fingerprint density at radius 2 is 1.88 bits per heavy atom. The Kier molecular flexibility index (Phi) is 4.16. The summed E-state index contributed by atoms with van der Waals surface area (Å²) in [6.07, 6.45) is 1.13. The number of carbonyl (C=O) groups is 3. The van der Waals surface area contributed by atoms with Gasteiger partial charge in [0.1, 0.15) is 0 Å². The Morgan fingerprint density at radius 1 is 1.24 bits per heavy atom. The Morgan fingerprint density at radius 3 is 2.47 bits per heavy atom. The van der Waals surface area contributed by atoms with Crippen LogP contribution in [0, 0.1) is 0 Å². The zero-order valence-corrected chi connectivity index (χ0v) is 9.32. The molecular weight excluding hydrogens is 220 g/mol. The molecule has 0 saturated heterocycles. The van der Waals surface area contributed by atoms with E-state index in [4.69, 9.17) is 0 Å². The molecule has 0 unspecified atom stereocenters. The highest BCUT2D eigenvalue weighted by atomic mass is 16.2. The van der Waals surface area contributed by atoms with E-state index in [9.17, 15) is 14.4 Å². The summed E-state index contributed by atoms with van der Waals surface area (Å²) in [5, 5.41) is 4.67. The molecule has 1 rings (SSSR count). The molecule has 0 aliphatic carbocycles. The van der Waals surface area contributed by atoms with Gasteiger partial charge in [0, 0.05) is 6.92 Å². The van der Waals surface area contributed by atoms with Gasteiger partial charge in [-0.25, -0.2) is 0 Å². The fourth-order valence-electron chi connectivity index (χ4n) is 1.26. The van der Waals surface area contributed by atoms with Gasteiger partial charge in [0.2, 0.25) is 5.91 Å². The maximum Gasteiger partial charge on any atom is 0.296 e. The molecule has 0 aliphatic heterocycles. The number of hydrogen-bond donors (Lipinski definition) is 2. The molecule has 17 heavy (non-hydrogen) atoms. The first-order valence-corrected chi connectivity index (χ1v) is 4.89. The van der Waals surface area contributed by atoms with Gasteiger partial charge in [-0.15, -0.1) is 0 Å². The van der Waals surface area contributed by atoms with Crippen LogP contribution in [0.4, 0.5) is 5.69 Å². The summed E-state index contributed by atoms with van der Waals surface area (Å²) in [6.45, 7) is 4.62. The van der Waals surface area contributed by atoms with Crippen LogP contribution in [-0.4, -0.2) is 17.6 Å². The largest absolute Gasteiger partial charge is 0.326 e. The highest BCUT2D eigenvalue weighted by Crippen LogP contribution is 2.15. The number of para-hydroxylation sites is 1. The second-order valence-corrected chi connectivity index (χ2v) is 3.23.